The molecule has 5 nitrogen and oxygen atoms in total. The Balaban J connectivity index is 1.52. The van der Waals surface area contributed by atoms with Crippen LogP contribution in [0.25, 0.3) is 0 Å². The van der Waals surface area contributed by atoms with E-state index in [0.717, 1.165) is 12.3 Å². The Bertz CT molecular complexity index is 483. The van der Waals surface area contributed by atoms with Crippen molar-refractivity contribution in [2.24, 2.45) is 17.8 Å². The van der Waals surface area contributed by atoms with Crippen molar-refractivity contribution in [3.8, 4) is 0 Å². The van der Waals surface area contributed by atoms with Crippen LogP contribution in [-0.2, 0) is 24.3 Å². The molecule has 122 valence electrons. The lowest BCUT2D eigenvalue weighted by atomic mass is 9.68. The lowest BCUT2D eigenvalue weighted by Crippen LogP contribution is -2.58. The minimum Gasteiger partial charge on any atom is -0.300 e. The van der Waals surface area contributed by atoms with E-state index in [0.29, 0.717) is 25.7 Å². The highest BCUT2D eigenvalue weighted by Crippen LogP contribution is 2.50. The standard InChI is InChI=1S/C17H24O5/c1-11-7-13-9-14(10-13)8-12(2)17(11)21-19-16(20-22-17)5-3-15(18)4-6-16/h7,11-12,14H,3-6,8-10H2,1-2H3. The molecule has 0 aromatic heterocycles. The van der Waals surface area contributed by atoms with Crippen LogP contribution in [0.1, 0.15) is 58.8 Å². The van der Waals surface area contributed by atoms with Gasteiger partial charge in [-0.2, -0.15) is 19.6 Å². The van der Waals surface area contributed by atoms with Gasteiger partial charge in [0, 0.05) is 37.5 Å². The quantitative estimate of drug-likeness (QED) is 0.507. The van der Waals surface area contributed by atoms with Gasteiger partial charge in [-0.05, 0) is 25.2 Å². The largest absolute Gasteiger partial charge is 0.300 e. The van der Waals surface area contributed by atoms with Gasteiger partial charge in [-0.3, -0.25) is 4.79 Å². The third-order valence-corrected chi connectivity index (χ3v) is 5.81. The molecule has 0 aromatic rings. The molecule has 2 spiro atoms. The minimum absolute atomic E-state index is 0.0707. The molecule has 2 unspecified atom stereocenters. The van der Waals surface area contributed by atoms with Crippen LogP contribution in [0, 0.1) is 17.8 Å². The summed E-state index contributed by atoms with van der Waals surface area (Å²) in [6, 6.07) is 0. The van der Waals surface area contributed by atoms with Gasteiger partial charge in [0.05, 0.1) is 0 Å². The smallest absolute Gasteiger partial charge is 0.242 e. The maximum Gasteiger partial charge on any atom is 0.242 e. The molecule has 22 heavy (non-hydrogen) atoms. The van der Waals surface area contributed by atoms with Gasteiger partial charge in [-0.15, -0.1) is 0 Å². The van der Waals surface area contributed by atoms with Crippen molar-refractivity contribution >= 4 is 5.78 Å². The maximum absolute atomic E-state index is 11.4. The van der Waals surface area contributed by atoms with E-state index >= 15 is 0 Å². The molecule has 2 saturated carbocycles. The lowest BCUT2D eigenvalue weighted by Gasteiger charge is -2.50. The fourth-order valence-electron chi connectivity index (χ4n) is 4.27. The molecule has 2 bridgehead atoms. The third-order valence-electron chi connectivity index (χ3n) is 5.81. The molecule has 2 atom stereocenters. The molecule has 4 aliphatic carbocycles. The van der Waals surface area contributed by atoms with Crippen LogP contribution in [0.2, 0.25) is 0 Å². The average Bonchev–Trinajstić information content (AvgIpc) is 2.48. The van der Waals surface area contributed by atoms with Gasteiger partial charge in [0.1, 0.15) is 5.78 Å². The first kappa shape index (κ1) is 14.8. The maximum atomic E-state index is 11.4. The van der Waals surface area contributed by atoms with E-state index in [1.54, 1.807) is 0 Å². The molecule has 5 rings (SSSR count). The molecule has 0 amide bonds. The number of hydrogen-bond donors (Lipinski definition) is 0. The Morgan fingerprint density at radius 1 is 1.05 bits per heavy atom. The van der Waals surface area contributed by atoms with Gasteiger partial charge in [0.25, 0.3) is 0 Å². The zero-order valence-electron chi connectivity index (χ0n) is 13.3. The molecule has 5 heteroatoms. The van der Waals surface area contributed by atoms with E-state index in [1.807, 2.05) is 0 Å². The summed E-state index contributed by atoms with van der Waals surface area (Å²) >= 11 is 0. The zero-order valence-corrected chi connectivity index (χ0v) is 13.3. The van der Waals surface area contributed by atoms with Crippen molar-refractivity contribution in [3.05, 3.63) is 11.6 Å². The highest BCUT2D eigenvalue weighted by molar-refractivity contribution is 5.79. The van der Waals surface area contributed by atoms with Crippen LogP contribution >= 0.6 is 0 Å². The molecule has 1 heterocycles. The van der Waals surface area contributed by atoms with Gasteiger partial charge in [0.15, 0.2) is 0 Å². The predicted molar refractivity (Wildman–Crippen MR) is 77.0 cm³/mol. The van der Waals surface area contributed by atoms with Crippen molar-refractivity contribution in [1.82, 2.24) is 0 Å². The van der Waals surface area contributed by atoms with Gasteiger partial charge in [0.2, 0.25) is 11.6 Å². The Labute approximate surface area is 130 Å². The van der Waals surface area contributed by atoms with Crippen molar-refractivity contribution in [2.45, 2.75) is 70.4 Å². The fourth-order valence-corrected chi connectivity index (χ4v) is 4.27. The first-order valence-electron chi connectivity index (χ1n) is 8.46. The number of hydrogen-bond acceptors (Lipinski definition) is 5. The summed E-state index contributed by atoms with van der Waals surface area (Å²) < 4.78 is 0. The summed E-state index contributed by atoms with van der Waals surface area (Å²) in [5.41, 5.74) is 1.49. The van der Waals surface area contributed by atoms with Gasteiger partial charge >= 0.3 is 0 Å². The van der Waals surface area contributed by atoms with Crippen molar-refractivity contribution in [2.75, 3.05) is 0 Å². The molecule has 1 saturated heterocycles. The topological polar surface area (TPSA) is 54.0 Å². The summed E-state index contributed by atoms with van der Waals surface area (Å²) in [5, 5.41) is 0. The SMILES string of the molecule is CC1C=C2CC(C2)CC(C)C12OOC1(CCC(=O)CC1)OO2. The summed E-state index contributed by atoms with van der Waals surface area (Å²) in [6.45, 7) is 4.24. The zero-order chi connectivity index (χ0) is 15.4. The van der Waals surface area contributed by atoms with E-state index < -0.39 is 11.6 Å². The Kier molecular flexibility index (Phi) is 3.45. The number of rotatable bonds is 0. The highest BCUT2D eigenvalue weighted by Gasteiger charge is 2.56. The first-order valence-corrected chi connectivity index (χ1v) is 8.46. The average molecular weight is 308 g/mol. The molecule has 0 N–H and O–H groups in total. The van der Waals surface area contributed by atoms with Crippen LogP contribution in [0.4, 0.5) is 0 Å². The summed E-state index contributed by atoms with van der Waals surface area (Å²) in [4.78, 5) is 34.5. The summed E-state index contributed by atoms with van der Waals surface area (Å²) in [6.07, 6.45) is 7.62. The van der Waals surface area contributed by atoms with Crippen LogP contribution in [0.3, 0.4) is 0 Å². The number of fused-ring (bicyclic) bond motifs is 2. The minimum atomic E-state index is -0.906. The molecular formula is C17H24O5. The monoisotopic (exact) mass is 308 g/mol. The highest BCUT2D eigenvalue weighted by atomic mass is 17.4. The van der Waals surface area contributed by atoms with Crippen LogP contribution < -0.4 is 0 Å². The molecule has 3 fully saturated rings. The Hall–Kier alpha value is -0.750. The van der Waals surface area contributed by atoms with Gasteiger partial charge in [-0.1, -0.05) is 25.5 Å². The number of Topliss-reactive ketones (excluding diaryl/α,β-unsaturated/α-hetero) is 1. The molecule has 0 radical (unpaired) electrons. The predicted octanol–water partition coefficient (Wildman–Crippen LogP) is 3.44. The van der Waals surface area contributed by atoms with Gasteiger partial charge < -0.3 is 0 Å². The second-order valence-electron chi connectivity index (χ2n) is 7.53. The van der Waals surface area contributed by atoms with E-state index in [9.17, 15) is 4.79 Å². The van der Waals surface area contributed by atoms with Crippen molar-refractivity contribution in [3.63, 3.8) is 0 Å². The van der Waals surface area contributed by atoms with Crippen LogP contribution in [0.5, 0.6) is 0 Å². The second kappa shape index (κ2) is 5.13. The molecule has 1 aliphatic heterocycles. The summed E-state index contributed by atoms with van der Waals surface area (Å²) in [7, 11) is 0. The van der Waals surface area contributed by atoms with E-state index in [-0.39, 0.29) is 17.6 Å². The Morgan fingerprint density at radius 2 is 1.68 bits per heavy atom. The molecule has 0 aromatic carbocycles. The van der Waals surface area contributed by atoms with Crippen molar-refractivity contribution < 1.29 is 24.3 Å². The van der Waals surface area contributed by atoms with Crippen molar-refractivity contribution in [1.29, 1.82) is 0 Å². The summed E-state index contributed by atoms with van der Waals surface area (Å²) in [5.74, 6) is -0.556. The number of carbonyl (C=O) groups is 1. The van der Waals surface area contributed by atoms with Gasteiger partial charge in [-0.25, -0.2) is 0 Å². The molecular weight excluding hydrogens is 284 g/mol. The second-order valence-corrected chi connectivity index (χ2v) is 7.53. The van der Waals surface area contributed by atoms with E-state index in [4.69, 9.17) is 19.6 Å². The Morgan fingerprint density at radius 3 is 2.32 bits per heavy atom. The number of allylic oxidation sites excluding steroid dienone is 1. The number of ketones is 1. The normalized spacial score (nSPS) is 39.8. The van der Waals surface area contributed by atoms with E-state index in [2.05, 4.69) is 19.9 Å². The molecule has 5 aliphatic rings. The third kappa shape index (κ3) is 2.26. The van der Waals surface area contributed by atoms with Crippen LogP contribution in [0.15, 0.2) is 11.6 Å². The lowest BCUT2D eigenvalue weighted by molar-refractivity contribution is -0.671. The van der Waals surface area contributed by atoms with E-state index in [1.165, 1.54) is 18.4 Å². The fraction of sp³-hybridized carbons (Fsp3) is 0.824. The number of carbonyl (C=O) groups excluding carboxylic acids is 1. The first-order chi connectivity index (χ1) is 10.5. The van der Waals surface area contributed by atoms with Crippen LogP contribution in [-0.4, -0.2) is 17.4 Å².